The number of nitrogens with two attached hydrogens (primary N) is 1. The smallest absolute Gasteiger partial charge is 0.154 e. The molecule has 0 bridgehead atoms. The minimum Gasteiger partial charge on any atom is -0.330 e. The fraction of sp³-hybridized carbons (Fsp3) is 0.273. The lowest BCUT2D eigenvalue weighted by atomic mass is 10.2. The number of rotatable bonds is 3. The predicted molar refractivity (Wildman–Crippen MR) is 58.8 cm³/mol. The van der Waals surface area contributed by atoms with Crippen molar-refractivity contribution in [1.29, 1.82) is 0 Å². The van der Waals surface area contributed by atoms with Crippen molar-refractivity contribution >= 4 is 0 Å². The first-order valence-corrected chi connectivity index (χ1v) is 5.19. The average molecular weight is 238 g/mol. The summed E-state index contributed by atoms with van der Waals surface area (Å²) in [5, 5.41) is 7.49. The number of aryl methyl sites for hydroxylation is 1. The zero-order valence-corrected chi connectivity index (χ0v) is 9.32. The molecule has 1 aromatic heterocycles. The van der Waals surface area contributed by atoms with Gasteiger partial charge < -0.3 is 5.73 Å². The first-order chi connectivity index (χ1) is 8.13. The maximum absolute atomic E-state index is 13.8. The maximum Gasteiger partial charge on any atom is 0.154 e. The van der Waals surface area contributed by atoms with Crippen molar-refractivity contribution in [3.05, 3.63) is 41.2 Å². The highest BCUT2D eigenvalue weighted by atomic mass is 19.1. The molecule has 0 amide bonds. The zero-order chi connectivity index (χ0) is 12.4. The van der Waals surface area contributed by atoms with E-state index in [1.54, 1.807) is 6.92 Å². The molecule has 6 heteroatoms. The summed E-state index contributed by atoms with van der Waals surface area (Å²) in [5.41, 5.74) is 6.12. The van der Waals surface area contributed by atoms with E-state index in [1.807, 2.05) is 0 Å². The minimum atomic E-state index is -0.669. The van der Waals surface area contributed by atoms with Gasteiger partial charge in [-0.15, -0.1) is 5.10 Å². The Balaban J connectivity index is 2.48. The summed E-state index contributed by atoms with van der Waals surface area (Å²) in [6.07, 6.45) is 2.00. The van der Waals surface area contributed by atoms with Gasteiger partial charge in [0.1, 0.15) is 5.69 Å². The van der Waals surface area contributed by atoms with Gasteiger partial charge in [-0.25, -0.2) is 13.5 Å². The van der Waals surface area contributed by atoms with Crippen molar-refractivity contribution < 1.29 is 8.78 Å². The van der Waals surface area contributed by atoms with E-state index >= 15 is 0 Å². The number of halogens is 2. The van der Waals surface area contributed by atoms with Crippen molar-refractivity contribution in [2.75, 3.05) is 6.54 Å². The summed E-state index contributed by atoms with van der Waals surface area (Å²) >= 11 is 0. The molecule has 1 heterocycles. The highest BCUT2D eigenvalue weighted by Gasteiger charge is 2.15. The third-order valence-corrected chi connectivity index (χ3v) is 2.43. The topological polar surface area (TPSA) is 56.7 Å². The van der Waals surface area contributed by atoms with Crippen LogP contribution in [-0.4, -0.2) is 21.5 Å². The van der Waals surface area contributed by atoms with Gasteiger partial charge in [0.15, 0.2) is 11.6 Å². The van der Waals surface area contributed by atoms with Crippen LogP contribution in [0.1, 0.15) is 11.3 Å². The molecule has 2 rings (SSSR count). The van der Waals surface area contributed by atoms with E-state index in [-0.39, 0.29) is 5.69 Å². The van der Waals surface area contributed by atoms with Crippen molar-refractivity contribution in [2.45, 2.75) is 13.3 Å². The molecule has 0 unspecified atom stereocenters. The molecule has 0 fully saturated rings. The SMILES string of the molecule is Cc1ccc(F)c(-n2cc(CCN)nn2)c1F. The van der Waals surface area contributed by atoms with E-state index in [0.29, 0.717) is 24.2 Å². The van der Waals surface area contributed by atoms with E-state index in [4.69, 9.17) is 5.73 Å². The molecule has 0 atom stereocenters. The Bertz CT molecular complexity index is 536. The van der Waals surface area contributed by atoms with Crippen LogP contribution in [-0.2, 0) is 6.42 Å². The van der Waals surface area contributed by atoms with Crippen LogP contribution in [0.3, 0.4) is 0 Å². The Kier molecular flexibility index (Phi) is 3.14. The summed E-state index contributed by atoms with van der Waals surface area (Å²) in [6.45, 7) is 1.98. The number of benzene rings is 1. The molecule has 0 saturated heterocycles. The van der Waals surface area contributed by atoms with Crippen LogP contribution < -0.4 is 5.73 Å². The molecule has 90 valence electrons. The fourth-order valence-electron chi connectivity index (χ4n) is 1.52. The van der Waals surface area contributed by atoms with Crippen molar-refractivity contribution in [2.24, 2.45) is 5.73 Å². The average Bonchev–Trinajstić information content (AvgIpc) is 2.73. The second-order valence-corrected chi connectivity index (χ2v) is 3.72. The third kappa shape index (κ3) is 2.16. The standard InChI is InChI=1S/C11H12F2N4/c1-7-2-3-9(12)11(10(7)13)17-6-8(4-5-14)15-16-17/h2-3,6H,4-5,14H2,1H3. The lowest BCUT2D eigenvalue weighted by Crippen LogP contribution is -2.04. The van der Waals surface area contributed by atoms with Crippen LogP contribution in [0.15, 0.2) is 18.3 Å². The van der Waals surface area contributed by atoms with Crippen LogP contribution in [0.25, 0.3) is 5.69 Å². The molecule has 0 radical (unpaired) electrons. The molecule has 0 aliphatic rings. The number of hydrogen-bond donors (Lipinski definition) is 1. The maximum atomic E-state index is 13.8. The zero-order valence-electron chi connectivity index (χ0n) is 9.32. The molecule has 0 aliphatic carbocycles. The summed E-state index contributed by atoms with van der Waals surface area (Å²) in [4.78, 5) is 0. The molecule has 1 aromatic carbocycles. The van der Waals surface area contributed by atoms with Gasteiger partial charge in [0.05, 0.1) is 11.9 Å². The highest BCUT2D eigenvalue weighted by Crippen LogP contribution is 2.19. The van der Waals surface area contributed by atoms with Crippen LogP contribution >= 0.6 is 0 Å². The molecule has 0 spiro atoms. The van der Waals surface area contributed by atoms with Gasteiger partial charge in [-0.2, -0.15) is 0 Å². The molecule has 4 nitrogen and oxygen atoms in total. The van der Waals surface area contributed by atoms with E-state index in [2.05, 4.69) is 10.3 Å². The van der Waals surface area contributed by atoms with Crippen molar-refractivity contribution in [3.8, 4) is 5.69 Å². The Labute approximate surface area is 97.0 Å². The van der Waals surface area contributed by atoms with Gasteiger partial charge in [0.2, 0.25) is 0 Å². The Hall–Kier alpha value is -1.82. The van der Waals surface area contributed by atoms with Gasteiger partial charge >= 0.3 is 0 Å². The quantitative estimate of drug-likeness (QED) is 0.878. The van der Waals surface area contributed by atoms with Crippen LogP contribution in [0.2, 0.25) is 0 Å². The van der Waals surface area contributed by atoms with Crippen LogP contribution in [0.5, 0.6) is 0 Å². The van der Waals surface area contributed by atoms with Crippen molar-refractivity contribution in [1.82, 2.24) is 15.0 Å². The van der Waals surface area contributed by atoms with Gasteiger partial charge in [0.25, 0.3) is 0 Å². The minimum absolute atomic E-state index is 0.208. The van der Waals surface area contributed by atoms with E-state index < -0.39 is 11.6 Å². The number of aromatic nitrogens is 3. The molecule has 2 N–H and O–H groups in total. The van der Waals surface area contributed by atoms with E-state index in [0.717, 1.165) is 4.68 Å². The molecular weight excluding hydrogens is 226 g/mol. The molecule has 0 aliphatic heterocycles. The normalized spacial score (nSPS) is 10.8. The van der Waals surface area contributed by atoms with Crippen LogP contribution in [0.4, 0.5) is 8.78 Å². The number of hydrogen-bond acceptors (Lipinski definition) is 3. The second kappa shape index (κ2) is 4.58. The summed E-state index contributed by atoms with van der Waals surface area (Å²) in [6, 6.07) is 2.59. The van der Waals surface area contributed by atoms with E-state index in [9.17, 15) is 8.78 Å². The molecule has 2 aromatic rings. The van der Waals surface area contributed by atoms with E-state index in [1.165, 1.54) is 18.3 Å². The van der Waals surface area contributed by atoms with Crippen LogP contribution in [0, 0.1) is 18.6 Å². The Morgan fingerprint density at radius 1 is 1.35 bits per heavy atom. The van der Waals surface area contributed by atoms with Gasteiger partial charge in [-0.3, -0.25) is 0 Å². The van der Waals surface area contributed by atoms with Gasteiger partial charge in [-0.1, -0.05) is 11.3 Å². The molecular formula is C11H12F2N4. The highest BCUT2D eigenvalue weighted by molar-refractivity contribution is 5.38. The lowest BCUT2D eigenvalue weighted by molar-refractivity contribution is 0.551. The monoisotopic (exact) mass is 238 g/mol. The number of nitrogens with zero attached hydrogens (tertiary/aromatic N) is 3. The first kappa shape index (κ1) is 11.7. The lowest BCUT2D eigenvalue weighted by Gasteiger charge is -2.05. The predicted octanol–water partition coefficient (Wildman–Crippen LogP) is 1.36. The second-order valence-electron chi connectivity index (χ2n) is 3.72. The summed E-state index contributed by atoms with van der Waals surface area (Å²) in [7, 11) is 0. The Morgan fingerprint density at radius 2 is 2.12 bits per heavy atom. The largest absolute Gasteiger partial charge is 0.330 e. The van der Waals surface area contributed by atoms with Crippen molar-refractivity contribution in [3.63, 3.8) is 0 Å². The first-order valence-electron chi connectivity index (χ1n) is 5.19. The fourth-order valence-corrected chi connectivity index (χ4v) is 1.52. The van der Waals surface area contributed by atoms with Gasteiger partial charge in [0, 0.05) is 6.42 Å². The molecule has 0 saturated carbocycles. The molecule has 17 heavy (non-hydrogen) atoms. The summed E-state index contributed by atoms with van der Waals surface area (Å²) < 4.78 is 28.4. The Morgan fingerprint density at radius 3 is 2.82 bits per heavy atom. The summed E-state index contributed by atoms with van der Waals surface area (Å²) in [5.74, 6) is -1.30. The van der Waals surface area contributed by atoms with Gasteiger partial charge in [-0.05, 0) is 25.1 Å². The third-order valence-electron chi connectivity index (χ3n) is 2.43.